The lowest BCUT2D eigenvalue weighted by molar-refractivity contribution is 0.0542. The van der Waals surface area contributed by atoms with Crippen LogP contribution in [0.1, 0.15) is 29.2 Å². The van der Waals surface area contributed by atoms with E-state index in [1.807, 2.05) is 0 Å². The van der Waals surface area contributed by atoms with E-state index in [0.717, 1.165) is 17.4 Å². The topological polar surface area (TPSA) is 21.6 Å². The predicted molar refractivity (Wildman–Crippen MR) is 60.0 cm³/mol. The Bertz CT molecular complexity index is 441. The van der Waals surface area contributed by atoms with E-state index in [1.54, 1.807) is 0 Å². The van der Waals surface area contributed by atoms with Crippen molar-refractivity contribution in [1.82, 2.24) is 0 Å². The van der Waals surface area contributed by atoms with E-state index in [0.29, 0.717) is 5.92 Å². The highest BCUT2D eigenvalue weighted by Gasteiger charge is 2.36. The van der Waals surface area contributed by atoms with E-state index < -0.39 is 0 Å². The normalized spacial score (nSPS) is 27.7. The van der Waals surface area contributed by atoms with E-state index in [1.165, 1.54) is 16.7 Å². The van der Waals surface area contributed by atoms with Gasteiger partial charge in [-0.1, -0.05) is 23.8 Å². The second kappa shape index (κ2) is 3.37. The van der Waals surface area contributed by atoms with Crippen LogP contribution >= 0.6 is 0 Å². The molecule has 0 aromatic heterocycles. The summed E-state index contributed by atoms with van der Waals surface area (Å²) in [5.74, 6) is 0.477. The molecule has 0 saturated heterocycles. The first-order valence-corrected chi connectivity index (χ1v) is 5.92. The van der Waals surface area contributed by atoms with Gasteiger partial charge in [0.15, 0.2) is 6.10 Å². The van der Waals surface area contributed by atoms with E-state index in [2.05, 4.69) is 46.6 Å². The monoisotopic (exact) mass is 213 g/mol. The molecule has 1 aliphatic heterocycles. The van der Waals surface area contributed by atoms with Gasteiger partial charge in [0.2, 0.25) is 16.3 Å². The molecular weight excluding hydrogens is 201 g/mol. The number of benzene rings is 1. The molecule has 2 radical (unpaired) electrons. The molecule has 2 atom stereocenters. The Balaban J connectivity index is 2.04. The number of aryl methyl sites for hydroxylation is 2. The SMILES string of the molecule is Cc1ccc2c(c1)CCC1[C]([Al])=NOC21. The average molecular weight is 213 g/mol. The van der Waals surface area contributed by atoms with Gasteiger partial charge in [0.05, 0.1) is 0 Å². The van der Waals surface area contributed by atoms with Crippen LogP contribution in [-0.2, 0) is 11.3 Å². The summed E-state index contributed by atoms with van der Waals surface area (Å²) in [6.45, 7) is 2.14. The van der Waals surface area contributed by atoms with Crippen LogP contribution in [0.5, 0.6) is 0 Å². The molecule has 15 heavy (non-hydrogen) atoms. The van der Waals surface area contributed by atoms with Gasteiger partial charge in [-0.15, -0.1) is 5.16 Å². The molecule has 2 unspecified atom stereocenters. The maximum Gasteiger partial charge on any atom is 0.208 e. The van der Waals surface area contributed by atoms with Crippen molar-refractivity contribution >= 4 is 20.9 Å². The predicted octanol–water partition coefficient (Wildman–Crippen LogP) is 2.11. The molecule has 3 rings (SSSR count). The van der Waals surface area contributed by atoms with E-state index in [-0.39, 0.29) is 6.10 Å². The number of hydrogen-bond donors (Lipinski definition) is 0. The Hall–Kier alpha value is -0.778. The molecule has 1 aromatic carbocycles. The minimum Gasteiger partial charge on any atom is -0.389 e. The Labute approximate surface area is 97.7 Å². The van der Waals surface area contributed by atoms with Gasteiger partial charge in [0.25, 0.3) is 0 Å². The smallest absolute Gasteiger partial charge is 0.208 e. The lowest BCUT2D eigenvalue weighted by atomic mass is 9.81. The van der Waals surface area contributed by atoms with Crippen molar-refractivity contribution in [1.29, 1.82) is 0 Å². The molecule has 2 nitrogen and oxygen atoms in total. The number of rotatable bonds is 0. The fourth-order valence-electron chi connectivity index (χ4n) is 2.53. The van der Waals surface area contributed by atoms with Gasteiger partial charge in [-0.25, -0.2) is 0 Å². The van der Waals surface area contributed by atoms with Gasteiger partial charge in [-0.2, -0.15) is 0 Å². The summed E-state index contributed by atoms with van der Waals surface area (Å²) in [7, 11) is 0. The second-order valence-electron chi connectivity index (χ2n) is 4.39. The summed E-state index contributed by atoms with van der Waals surface area (Å²) in [5, 5.41) is 4.08. The Morgan fingerprint density at radius 3 is 3.20 bits per heavy atom. The number of oxime groups is 1. The van der Waals surface area contributed by atoms with Crippen LogP contribution in [0.4, 0.5) is 0 Å². The molecular formula is C12H12AlNO. The first-order chi connectivity index (χ1) is 7.25. The zero-order valence-electron chi connectivity index (χ0n) is 8.73. The standard InChI is InChI=1S/C12H12NO.Al/c1-8-2-5-11-9(6-8)3-4-10-7-13-14-12(10)11;/h2,5-6,10,12H,3-4H2,1H3;. The van der Waals surface area contributed by atoms with Gasteiger partial charge in [0.1, 0.15) is 0 Å². The molecule has 2 aliphatic rings. The quantitative estimate of drug-likeness (QED) is 0.605. The fourth-order valence-corrected chi connectivity index (χ4v) is 2.93. The van der Waals surface area contributed by atoms with Crippen LogP contribution in [0.15, 0.2) is 23.4 Å². The zero-order valence-corrected chi connectivity index (χ0v) is 9.89. The van der Waals surface area contributed by atoms with Crippen LogP contribution in [0.2, 0.25) is 0 Å². The molecule has 1 aromatic rings. The summed E-state index contributed by atoms with van der Waals surface area (Å²) in [6.07, 6.45) is 2.47. The van der Waals surface area contributed by atoms with Crippen molar-refractivity contribution < 1.29 is 4.84 Å². The van der Waals surface area contributed by atoms with Crippen molar-refractivity contribution in [3.8, 4) is 0 Å². The number of fused-ring (bicyclic) bond motifs is 3. The lowest BCUT2D eigenvalue weighted by Gasteiger charge is -2.27. The third kappa shape index (κ3) is 1.42. The summed E-state index contributed by atoms with van der Waals surface area (Å²) < 4.78 is 1.08. The highest BCUT2D eigenvalue weighted by Crippen LogP contribution is 2.41. The number of hydrogen-bond acceptors (Lipinski definition) is 2. The Morgan fingerprint density at radius 2 is 2.33 bits per heavy atom. The van der Waals surface area contributed by atoms with Gasteiger partial charge in [-0.05, 0) is 35.5 Å². The summed E-state index contributed by atoms with van der Waals surface area (Å²) in [5.41, 5.74) is 4.10. The zero-order chi connectivity index (χ0) is 10.4. The molecule has 0 bridgehead atoms. The molecule has 0 N–H and O–H groups in total. The Morgan fingerprint density at radius 1 is 1.47 bits per heavy atom. The average Bonchev–Trinajstić information content (AvgIpc) is 2.60. The highest BCUT2D eigenvalue weighted by atomic mass is 27.0. The van der Waals surface area contributed by atoms with Gasteiger partial charge in [-0.3, -0.25) is 0 Å². The van der Waals surface area contributed by atoms with E-state index in [9.17, 15) is 0 Å². The van der Waals surface area contributed by atoms with Crippen LogP contribution in [-0.4, -0.2) is 20.9 Å². The molecule has 74 valence electrons. The summed E-state index contributed by atoms with van der Waals surface area (Å²) in [6, 6.07) is 6.63. The lowest BCUT2D eigenvalue weighted by Crippen LogP contribution is -2.23. The first kappa shape index (κ1) is 9.45. The maximum atomic E-state index is 5.50. The van der Waals surface area contributed by atoms with Crippen molar-refractivity contribution in [2.24, 2.45) is 11.1 Å². The van der Waals surface area contributed by atoms with Crippen molar-refractivity contribution in [2.45, 2.75) is 25.9 Å². The van der Waals surface area contributed by atoms with Crippen molar-refractivity contribution in [3.05, 3.63) is 34.9 Å². The molecule has 1 aliphatic carbocycles. The van der Waals surface area contributed by atoms with Gasteiger partial charge in [0, 0.05) is 5.92 Å². The first-order valence-electron chi connectivity index (χ1n) is 5.34. The number of nitrogens with zero attached hydrogens (tertiary/aromatic N) is 1. The third-order valence-corrected chi connectivity index (χ3v) is 3.88. The maximum absolute atomic E-state index is 5.50. The summed E-state index contributed by atoms with van der Waals surface area (Å²) in [4.78, 5) is 5.50. The summed E-state index contributed by atoms with van der Waals surface area (Å²) >= 11 is 2.69. The van der Waals surface area contributed by atoms with Crippen molar-refractivity contribution in [3.63, 3.8) is 0 Å². The van der Waals surface area contributed by atoms with Crippen LogP contribution in [0, 0.1) is 12.8 Å². The molecule has 0 amide bonds. The van der Waals surface area contributed by atoms with E-state index >= 15 is 0 Å². The highest BCUT2D eigenvalue weighted by molar-refractivity contribution is 6.60. The Kier molecular flexibility index (Phi) is 2.12. The van der Waals surface area contributed by atoms with Gasteiger partial charge < -0.3 is 4.84 Å². The van der Waals surface area contributed by atoms with Gasteiger partial charge >= 0.3 is 0 Å². The van der Waals surface area contributed by atoms with Crippen LogP contribution < -0.4 is 0 Å². The molecule has 0 fully saturated rings. The molecule has 1 heterocycles. The molecule has 0 spiro atoms. The minimum absolute atomic E-state index is 0.168. The van der Waals surface area contributed by atoms with Crippen LogP contribution in [0.3, 0.4) is 0 Å². The fraction of sp³-hybridized carbons (Fsp3) is 0.417. The second-order valence-corrected chi connectivity index (χ2v) is 4.98. The molecule has 0 saturated carbocycles. The largest absolute Gasteiger partial charge is 0.389 e. The van der Waals surface area contributed by atoms with E-state index in [4.69, 9.17) is 4.84 Å². The van der Waals surface area contributed by atoms with Crippen LogP contribution in [0.25, 0.3) is 0 Å². The molecule has 3 heteroatoms. The third-order valence-electron chi connectivity index (χ3n) is 3.35. The minimum atomic E-state index is 0.168. The van der Waals surface area contributed by atoms with Crippen molar-refractivity contribution in [2.75, 3.05) is 0 Å².